The predicted molar refractivity (Wildman–Crippen MR) is 119 cm³/mol. The average Bonchev–Trinajstić information content (AvgIpc) is 2.83. The topological polar surface area (TPSA) is 111 Å². The molecule has 3 aliphatic rings. The molecular formula is C23H32N2O7S. The Morgan fingerprint density at radius 1 is 1.03 bits per heavy atom. The first-order valence-corrected chi connectivity index (χ1v) is 13.1. The zero-order valence-corrected chi connectivity index (χ0v) is 19.8. The molecule has 0 atom stereocenters. The van der Waals surface area contributed by atoms with Gasteiger partial charge < -0.3 is 19.5 Å². The van der Waals surface area contributed by atoms with E-state index in [-0.39, 0.29) is 36.5 Å². The van der Waals surface area contributed by atoms with Crippen molar-refractivity contribution in [2.45, 2.75) is 56.4 Å². The molecule has 2 heterocycles. The molecule has 0 unspecified atom stereocenters. The number of fused-ring (bicyclic) bond motifs is 1. The van der Waals surface area contributed by atoms with E-state index >= 15 is 0 Å². The molecule has 0 spiro atoms. The monoisotopic (exact) mass is 480 g/mol. The van der Waals surface area contributed by atoms with Gasteiger partial charge in [-0.1, -0.05) is 6.92 Å². The summed E-state index contributed by atoms with van der Waals surface area (Å²) in [5.74, 6) is 0.506. The summed E-state index contributed by atoms with van der Waals surface area (Å²) in [6, 6.07) is 4.75. The second-order valence-electron chi connectivity index (χ2n) is 9.12. The molecule has 1 saturated heterocycles. The van der Waals surface area contributed by atoms with Crippen molar-refractivity contribution in [2.75, 3.05) is 32.9 Å². The molecular weight excluding hydrogens is 448 g/mol. The highest BCUT2D eigenvalue weighted by Crippen LogP contribution is 2.34. The molecule has 0 aromatic heterocycles. The largest absolute Gasteiger partial charge is 0.486 e. The molecule has 0 radical (unpaired) electrons. The molecule has 1 aromatic rings. The number of hydrogen-bond acceptors (Lipinski definition) is 7. The lowest BCUT2D eigenvalue weighted by Crippen LogP contribution is -2.42. The number of amides is 1. The molecule has 4 rings (SSSR count). The normalized spacial score (nSPS) is 24.2. The van der Waals surface area contributed by atoms with Crippen LogP contribution in [-0.2, 0) is 24.3 Å². The standard InChI is InChI=1S/C23H32N2O7S/c1-16-2-4-18(5-3-16)24-22(26)15-32-23(27)17-8-10-25(11-9-17)33(28,29)19-6-7-20-21(14-19)31-13-12-30-20/h6-7,14,16-18H,2-5,8-13,15H2,1H3,(H,24,26). The molecule has 2 fully saturated rings. The molecule has 1 saturated carbocycles. The number of carbonyl (C=O) groups excluding carboxylic acids is 2. The third-order valence-electron chi connectivity index (χ3n) is 6.67. The SMILES string of the molecule is CC1CCC(NC(=O)COC(=O)C2CCN(S(=O)(=O)c3ccc4c(c3)OCCO4)CC2)CC1. The van der Waals surface area contributed by atoms with Crippen molar-refractivity contribution < 1.29 is 32.2 Å². The third kappa shape index (κ3) is 5.78. The first-order chi connectivity index (χ1) is 15.8. The van der Waals surface area contributed by atoms with E-state index in [1.54, 1.807) is 6.07 Å². The van der Waals surface area contributed by atoms with Crippen LogP contribution in [-0.4, -0.2) is 63.6 Å². The number of hydrogen-bond donors (Lipinski definition) is 1. The van der Waals surface area contributed by atoms with Crippen molar-refractivity contribution in [2.24, 2.45) is 11.8 Å². The quantitative estimate of drug-likeness (QED) is 0.621. The molecule has 1 aromatic carbocycles. The van der Waals surface area contributed by atoms with Crippen molar-refractivity contribution in [3.8, 4) is 11.5 Å². The van der Waals surface area contributed by atoms with Gasteiger partial charge in [0.25, 0.3) is 5.91 Å². The number of carbonyl (C=O) groups is 2. The minimum Gasteiger partial charge on any atom is -0.486 e. The number of rotatable bonds is 6. The van der Waals surface area contributed by atoms with Crippen LogP contribution in [0.25, 0.3) is 0 Å². The van der Waals surface area contributed by atoms with Gasteiger partial charge in [0.2, 0.25) is 10.0 Å². The molecule has 182 valence electrons. The van der Waals surface area contributed by atoms with Gasteiger partial charge in [-0.05, 0) is 56.6 Å². The highest BCUT2D eigenvalue weighted by molar-refractivity contribution is 7.89. The summed E-state index contributed by atoms with van der Waals surface area (Å²) in [5, 5.41) is 2.94. The number of nitrogens with one attached hydrogen (secondary N) is 1. The highest BCUT2D eigenvalue weighted by Gasteiger charge is 2.34. The predicted octanol–water partition coefficient (Wildman–Crippen LogP) is 2.10. The summed E-state index contributed by atoms with van der Waals surface area (Å²) in [6.07, 6.45) is 4.81. The van der Waals surface area contributed by atoms with Gasteiger partial charge in [0.15, 0.2) is 18.1 Å². The molecule has 2 aliphatic heterocycles. The van der Waals surface area contributed by atoms with Crippen molar-refractivity contribution >= 4 is 21.9 Å². The molecule has 0 bridgehead atoms. The maximum atomic E-state index is 13.0. The summed E-state index contributed by atoms with van der Waals surface area (Å²) in [4.78, 5) is 24.7. The number of sulfonamides is 1. The fourth-order valence-electron chi connectivity index (χ4n) is 4.59. The maximum absolute atomic E-state index is 13.0. The van der Waals surface area contributed by atoms with E-state index in [4.69, 9.17) is 14.2 Å². The Morgan fingerprint density at radius 3 is 2.39 bits per heavy atom. The van der Waals surface area contributed by atoms with E-state index < -0.39 is 21.9 Å². The van der Waals surface area contributed by atoms with Crippen LogP contribution in [0.2, 0.25) is 0 Å². The van der Waals surface area contributed by atoms with Crippen LogP contribution >= 0.6 is 0 Å². The van der Waals surface area contributed by atoms with Crippen LogP contribution in [0, 0.1) is 11.8 Å². The molecule has 10 heteroatoms. The van der Waals surface area contributed by atoms with Crippen LogP contribution in [0.1, 0.15) is 45.4 Å². The average molecular weight is 481 g/mol. The van der Waals surface area contributed by atoms with Crippen LogP contribution in [0.4, 0.5) is 0 Å². The minimum atomic E-state index is -3.71. The zero-order valence-electron chi connectivity index (χ0n) is 19.0. The van der Waals surface area contributed by atoms with Crippen molar-refractivity contribution in [3.05, 3.63) is 18.2 Å². The summed E-state index contributed by atoms with van der Waals surface area (Å²) in [6.45, 7) is 3.16. The second kappa shape index (κ2) is 10.3. The van der Waals surface area contributed by atoms with Gasteiger partial charge in [0, 0.05) is 25.2 Å². The fourth-order valence-corrected chi connectivity index (χ4v) is 6.08. The van der Waals surface area contributed by atoms with E-state index in [1.807, 2.05) is 0 Å². The Kier molecular flexibility index (Phi) is 7.43. The van der Waals surface area contributed by atoms with Crippen LogP contribution in [0.5, 0.6) is 11.5 Å². The summed E-state index contributed by atoms with van der Waals surface area (Å²) >= 11 is 0. The second-order valence-corrected chi connectivity index (χ2v) is 11.1. The van der Waals surface area contributed by atoms with Crippen LogP contribution < -0.4 is 14.8 Å². The molecule has 1 amide bonds. The minimum absolute atomic E-state index is 0.140. The molecule has 33 heavy (non-hydrogen) atoms. The Labute approximate surface area is 194 Å². The lowest BCUT2D eigenvalue weighted by atomic mass is 9.87. The van der Waals surface area contributed by atoms with E-state index in [1.165, 1.54) is 16.4 Å². The lowest BCUT2D eigenvalue weighted by molar-refractivity contribution is -0.153. The van der Waals surface area contributed by atoms with Gasteiger partial charge in [-0.3, -0.25) is 9.59 Å². The van der Waals surface area contributed by atoms with Crippen molar-refractivity contribution in [3.63, 3.8) is 0 Å². The highest BCUT2D eigenvalue weighted by atomic mass is 32.2. The first kappa shape index (κ1) is 23.8. The number of esters is 1. The van der Waals surface area contributed by atoms with Gasteiger partial charge in [0.05, 0.1) is 10.8 Å². The van der Waals surface area contributed by atoms with Crippen molar-refractivity contribution in [1.29, 1.82) is 0 Å². The zero-order chi connectivity index (χ0) is 23.4. The molecule has 1 aliphatic carbocycles. The van der Waals surface area contributed by atoms with Gasteiger partial charge in [-0.2, -0.15) is 4.31 Å². The van der Waals surface area contributed by atoms with Crippen LogP contribution in [0.3, 0.4) is 0 Å². The Bertz CT molecular complexity index is 965. The van der Waals surface area contributed by atoms with E-state index in [0.717, 1.165) is 25.7 Å². The van der Waals surface area contributed by atoms with Gasteiger partial charge in [-0.25, -0.2) is 8.42 Å². The van der Waals surface area contributed by atoms with Crippen molar-refractivity contribution in [1.82, 2.24) is 9.62 Å². The van der Waals surface area contributed by atoms with Gasteiger partial charge in [-0.15, -0.1) is 0 Å². The van der Waals surface area contributed by atoms with E-state index in [0.29, 0.717) is 43.5 Å². The smallest absolute Gasteiger partial charge is 0.309 e. The summed E-state index contributed by atoms with van der Waals surface area (Å²) in [5.41, 5.74) is 0. The Hall–Kier alpha value is -2.33. The lowest BCUT2D eigenvalue weighted by Gasteiger charge is -2.30. The number of ether oxygens (including phenoxy) is 3. The molecule has 9 nitrogen and oxygen atoms in total. The van der Waals surface area contributed by atoms with Crippen LogP contribution in [0.15, 0.2) is 23.1 Å². The Morgan fingerprint density at radius 2 is 1.70 bits per heavy atom. The van der Waals surface area contributed by atoms with Gasteiger partial charge >= 0.3 is 5.97 Å². The summed E-state index contributed by atoms with van der Waals surface area (Å²) in [7, 11) is -3.71. The summed E-state index contributed by atoms with van der Waals surface area (Å²) < 4.78 is 43.6. The maximum Gasteiger partial charge on any atom is 0.309 e. The first-order valence-electron chi connectivity index (χ1n) is 11.7. The van der Waals surface area contributed by atoms with E-state index in [9.17, 15) is 18.0 Å². The number of benzene rings is 1. The third-order valence-corrected chi connectivity index (χ3v) is 8.56. The van der Waals surface area contributed by atoms with Gasteiger partial charge in [0.1, 0.15) is 13.2 Å². The fraction of sp³-hybridized carbons (Fsp3) is 0.652. The van der Waals surface area contributed by atoms with E-state index in [2.05, 4.69) is 12.2 Å². The number of nitrogens with zero attached hydrogens (tertiary/aromatic N) is 1. The Balaban J connectivity index is 1.24. The molecule has 1 N–H and O–H groups in total. The number of piperidine rings is 1.